The van der Waals surface area contributed by atoms with E-state index in [0.29, 0.717) is 18.2 Å². The molecule has 0 radical (unpaired) electrons. The maximum atomic E-state index is 12.3. The molecule has 2 aromatic heterocycles. The quantitative estimate of drug-likeness (QED) is 0.578. The van der Waals surface area contributed by atoms with E-state index in [9.17, 15) is 9.59 Å². The van der Waals surface area contributed by atoms with Crippen molar-refractivity contribution in [3.05, 3.63) is 53.4 Å². The number of imide groups is 1. The number of hydrogen-bond acceptors (Lipinski definition) is 6. The highest BCUT2D eigenvalue weighted by Crippen LogP contribution is 2.30. The van der Waals surface area contributed by atoms with Gasteiger partial charge in [-0.15, -0.1) is 21.5 Å². The van der Waals surface area contributed by atoms with Crippen molar-refractivity contribution in [2.45, 2.75) is 30.8 Å². The normalized spacial score (nSPS) is 11.8. The van der Waals surface area contributed by atoms with Crippen molar-refractivity contribution in [3.8, 4) is 10.7 Å². The summed E-state index contributed by atoms with van der Waals surface area (Å²) in [5.41, 5.74) is 1.11. The Bertz CT molecular complexity index is 925. The number of nitrogens with one attached hydrogen (secondary N) is 2. The first kappa shape index (κ1) is 20.1. The predicted molar refractivity (Wildman–Crippen MR) is 111 cm³/mol. The van der Waals surface area contributed by atoms with Crippen molar-refractivity contribution in [1.29, 1.82) is 0 Å². The minimum absolute atomic E-state index is 0.372. The zero-order chi connectivity index (χ0) is 19.9. The average molecular weight is 416 g/mol. The summed E-state index contributed by atoms with van der Waals surface area (Å²) in [7, 11) is 0. The van der Waals surface area contributed by atoms with Crippen molar-refractivity contribution >= 4 is 35.0 Å². The molecule has 2 heterocycles. The van der Waals surface area contributed by atoms with Gasteiger partial charge in [-0.25, -0.2) is 4.79 Å². The molecule has 3 aromatic rings. The van der Waals surface area contributed by atoms with Gasteiger partial charge in [0.1, 0.15) is 0 Å². The van der Waals surface area contributed by atoms with Crippen LogP contribution in [0.4, 0.5) is 4.79 Å². The van der Waals surface area contributed by atoms with Gasteiger partial charge in [-0.05, 0) is 30.9 Å². The Morgan fingerprint density at radius 3 is 2.64 bits per heavy atom. The third kappa shape index (κ3) is 4.99. The van der Waals surface area contributed by atoms with Crippen LogP contribution in [-0.2, 0) is 11.3 Å². The van der Waals surface area contributed by atoms with Crippen molar-refractivity contribution in [1.82, 2.24) is 25.4 Å². The summed E-state index contributed by atoms with van der Waals surface area (Å²) in [6.07, 6.45) is 0. The van der Waals surface area contributed by atoms with Gasteiger partial charge in [-0.3, -0.25) is 14.7 Å². The summed E-state index contributed by atoms with van der Waals surface area (Å²) in [5, 5.41) is 15.7. The summed E-state index contributed by atoms with van der Waals surface area (Å²) in [6.45, 7) is 4.58. The van der Waals surface area contributed by atoms with E-state index in [1.165, 1.54) is 11.8 Å². The molecule has 0 aliphatic heterocycles. The van der Waals surface area contributed by atoms with Gasteiger partial charge >= 0.3 is 6.03 Å². The fraction of sp³-hybridized carbons (Fsp3) is 0.263. The van der Waals surface area contributed by atoms with Gasteiger partial charge in [0.25, 0.3) is 0 Å². The van der Waals surface area contributed by atoms with Crippen LogP contribution in [0.2, 0.25) is 0 Å². The van der Waals surface area contributed by atoms with Crippen molar-refractivity contribution in [2.75, 3.05) is 6.54 Å². The number of benzene rings is 1. The van der Waals surface area contributed by atoms with E-state index < -0.39 is 11.3 Å². The number of carbonyl (C=O) groups excluding carboxylic acids is 2. The van der Waals surface area contributed by atoms with Crippen LogP contribution in [0.25, 0.3) is 10.7 Å². The Balaban J connectivity index is 1.82. The number of carbonyl (C=O) groups is 2. The topological polar surface area (TPSA) is 88.9 Å². The van der Waals surface area contributed by atoms with Crippen LogP contribution in [0.15, 0.2) is 53.0 Å². The molecule has 7 nitrogen and oxygen atoms in total. The molecular formula is C19H21N5O2S2. The van der Waals surface area contributed by atoms with Gasteiger partial charge in [0.2, 0.25) is 5.91 Å². The Labute approximate surface area is 171 Å². The lowest BCUT2D eigenvalue weighted by atomic mass is 10.2. The molecule has 0 saturated carbocycles. The smallest absolute Gasteiger partial charge is 0.321 e. The molecular weight excluding hydrogens is 394 g/mol. The van der Waals surface area contributed by atoms with Gasteiger partial charge in [0, 0.05) is 6.54 Å². The summed E-state index contributed by atoms with van der Waals surface area (Å²) in [6, 6.07) is 13.5. The van der Waals surface area contributed by atoms with Gasteiger partial charge < -0.3 is 5.32 Å². The number of aromatic nitrogens is 3. The molecule has 0 bridgehead atoms. The van der Waals surface area contributed by atoms with Gasteiger partial charge in [0.15, 0.2) is 11.0 Å². The first-order valence-electron chi connectivity index (χ1n) is 8.84. The number of amides is 3. The molecule has 3 amide bonds. The monoisotopic (exact) mass is 415 g/mol. The van der Waals surface area contributed by atoms with E-state index in [1.54, 1.807) is 25.2 Å². The Morgan fingerprint density at radius 1 is 1.18 bits per heavy atom. The van der Waals surface area contributed by atoms with E-state index in [4.69, 9.17) is 0 Å². The third-order valence-corrected chi connectivity index (χ3v) is 5.81. The molecule has 1 aromatic carbocycles. The zero-order valence-corrected chi connectivity index (χ0v) is 17.2. The summed E-state index contributed by atoms with van der Waals surface area (Å²) >= 11 is 2.87. The zero-order valence-electron chi connectivity index (χ0n) is 15.6. The highest BCUT2D eigenvalue weighted by Gasteiger charge is 2.22. The summed E-state index contributed by atoms with van der Waals surface area (Å²) in [5.74, 6) is 0.389. The highest BCUT2D eigenvalue weighted by molar-refractivity contribution is 8.00. The lowest BCUT2D eigenvalue weighted by molar-refractivity contribution is -0.119. The molecule has 9 heteroatoms. The van der Waals surface area contributed by atoms with Crippen molar-refractivity contribution in [2.24, 2.45) is 0 Å². The Morgan fingerprint density at radius 2 is 1.96 bits per heavy atom. The first-order chi connectivity index (χ1) is 13.6. The fourth-order valence-corrected chi connectivity index (χ4v) is 4.07. The van der Waals surface area contributed by atoms with Crippen LogP contribution in [0, 0.1) is 0 Å². The van der Waals surface area contributed by atoms with Crippen LogP contribution in [0.5, 0.6) is 0 Å². The number of thioether (sulfide) groups is 1. The summed E-state index contributed by atoms with van der Waals surface area (Å²) < 4.78 is 2.00. The molecule has 1 atom stereocenters. The number of nitrogens with zero attached hydrogens (tertiary/aromatic N) is 3. The SMILES string of the molecule is CCNC(=O)NC(=O)[C@@H](C)Sc1nnc(-c2cccs2)n1Cc1ccccc1. The molecule has 0 unspecified atom stereocenters. The molecule has 0 aliphatic rings. The van der Waals surface area contributed by atoms with Crippen LogP contribution in [-0.4, -0.2) is 38.5 Å². The minimum atomic E-state index is -0.502. The second-order valence-electron chi connectivity index (χ2n) is 5.96. The number of thiophene rings is 1. The number of urea groups is 1. The van der Waals surface area contributed by atoms with Gasteiger partial charge in [0.05, 0.1) is 16.7 Å². The largest absolute Gasteiger partial charge is 0.338 e. The predicted octanol–water partition coefficient (Wildman–Crippen LogP) is 3.38. The maximum absolute atomic E-state index is 12.3. The number of rotatable bonds is 7. The highest BCUT2D eigenvalue weighted by atomic mass is 32.2. The van der Waals surface area contributed by atoms with Crippen molar-refractivity contribution < 1.29 is 9.59 Å². The first-order valence-corrected chi connectivity index (χ1v) is 10.6. The molecule has 0 fully saturated rings. The van der Waals surface area contributed by atoms with Crippen LogP contribution in [0.3, 0.4) is 0 Å². The van der Waals surface area contributed by atoms with E-state index >= 15 is 0 Å². The Hall–Kier alpha value is -2.65. The van der Waals surface area contributed by atoms with E-state index in [-0.39, 0.29) is 5.91 Å². The van der Waals surface area contributed by atoms with Crippen molar-refractivity contribution in [3.63, 3.8) is 0 Å². The molecule has 0 aliphatic carbocycles. The van der Waals surface area contributed by atoms with Gasteiger partial charge in [-0.1, -0.05) is 48.2 Å². The lowest BCUT2D eigenvalue weighted by Gasteiger charge is -2.13. The van der Waals surface area contributed by atoms with Gasteiger partial charge in [-0.2, -0.15) is 0 Å². The number of hydrogen-bond donors (Lipinski definition) is 2. The molecule has 146 valence electrons. The van der Waals surface area contributed by atoms with Crippen LogP contribution >= 0.6 is 23.1 Å². The Kier molecular flexibility index (Phi) is 6.83. The molecule has 3 rings (SSSR count). The minimum Gasteiger partial charge on any atom is -0.338 e. The van der Waals surface area contributed by atoms with Crippen LogP contribution in [0.1, 0.15) is 19.4 Å². The van der Waals surface area contributed by atoms with E-state index in [1.807, 2.05) is 52.4 Å². The lowest BCUT2D eigenvalue weighted by Crippen LogP contribution is -2.42. The second kappa shape index (κ2) is 9.52. The summed E-state index contributed by atoms with van der Waals surface area (Å²) in [4.78, 5) is 24.9. The standard InChI is InChI=1S/C19H21N5O2S2/c1-3-20-18(26)21-17(25)13(2)28-19-23-22-16(15-10-7-11-27-15)24(19)12-14-8-5-4-6-9-14/h4-11,13H,3,12H2,1-2H3,(H2,20,21,25,26)/t13-/m1/s1. The molecule has 28 heavy (non-hydrogen) atoms. The third-order valence-electron chi connectivity index (χ3n) is 3.87. The van der Waals surface area contributed by atoms with Crippen LogP contribution < -0.4 is 10.6 Å². The maximum Gasteiger partial charge on any atom is 0.321 e. The molecule has 0 spiro atoms. The van der Waals surface area contributed by atoms with E-state index in [2.05, 4.69) is 20.8 Å². The average Bonchev–Trinajstić information content (AvgIpc) is 3.33. The van der Waals surface area contributed by atoms with E-state index in [0.717, 1.165) is 16.3 Å². The molecule has 2 N–H and O–H groups in total. The molecule has 0 saturated heterocycles. The fourth-order valence-electron chi connectivity index (χ4n) is 2.50. The second-order valence-corrected chi connectivity index (χ2v) is 8.22.